The summed E-state index contributed by atoms with van der Waals surface area (Å²) in [6.45, 7) is 5.33. The average molecular weight is 876 g/mol. The zero-order valence-electron chi connectivity index (χ0n) is 36.8. The molecular weight excluding hydrogens is 815 g/mol. The molecule has 2 aliphatic carbocycles. The molecular formula is C48H61F4N7O4. The van der Waals surface area contributed by atoms with Crippen LogP contribution in [-0.4, -0.2) is 104 Å². The van der Waals surface area contributed by atoms with Crippen LogP contribution in [0.15, 0.2) is 36.4 Å². The van der Waals surface area contributed by atoms with Crippen molar-refractivity contribution >= 4 is 45.4 Å². The molecule has 15 heteroatoms. The SMILES string of the molecule is CCC(C)C(=O)NC(C(=O)N1CC(F)CC1Cn1c(-c2[nH]c3cc(F)ccc3c2CC2CC(F)CN2C(=O)C(CC(=O)C(C)NC)C2CC2)nc2cc(F)ccc21)C1CCCCC1. The molecule has 0 spiro atoms. The molecule has 8 unspecified atom stereocenters. The maximum absolute atomic E-state index is 15.7. The van der Waals surface area contributed by atoms with Crippen LogP contribution in [0.1, 0.15) is 97.0 Å². The first-order valence-corrected chi connectivity index (χ1v) is 23.1. The van der Waals surface area contributed by atoms with Gasteiger partial charge in [0.2, 0.25) is 17.7 Å². The van der Waals surface area contributed by atoms with E-state index in [0.29, 0.717) is 45.4 Å². The van der Waals surface area contributed by atoms with Crippen molar-refractivity contribution in [3.05, 3.63) is 53.6 Å². The third-order valence-electron chi connectivity index (χ3n) is 14.5. The fourth-order valence-corrected chi connectivity index (χ4v) is 10.4. The topological polar surface area (TPSA) is 132 Å². The number of nitrogens with zero attached hydrogens (tertiary/aromatic N) is 4. The second-order valence-electron chi connectivity index (χ2n) is 18.8. The van der Waals surface area contributed by atoms with E-state index in [-0.39, 0.29) is 86.6 Å². The molecule has 3 amide bonds. The van der Waals surface area contributed by atoms with Gasteiger partial charge in [-0.05, 0) is 100 Å². The highest BCUT2D eigenvalue weighted by molar-refractivity contribution is 5.93. The molecule has 340 valence electrons. The number of benzene rings is 2. The first-order valence-electron chi connectivity index (χ1n) is 23.1. The van der Waals surface area contributed by atoms with Crippen molar-refractivity contribution in [1.82, 2.24) is 35.0 Å². The summed E-state index contributed by atoms with van der Waals surface area (Å²) in [5.41, 5.74) is 2.37. The first-order chi connectivity index (χ1) is 30.2. The number of hydrogen-bond acceptors (Lipinski definition) is 6. The van der Waals surface area contributed by atoms with Crippen molar-refractivity contribution in [2.75, 3.05) is 20.1 Å². The van der Waals surface area contributed by atoms with Crippen LogP contribution in [0.3, 0.4) is 0 Å². The van der Waals surface area contributed by atoms with Crippen LogP contribution in [0, 0.1) is 35.3 Å². The summed E-state index contributed by atoms with van der Waals surface area (Å²) in [5, 5.41) is 6.66. The lowest BCUT2D eigenvalue weighted by molar-refractivity contribution is -0.140. The van der Waals surface area contributed by atoms with Gasteiger partial charge in [-0.3, -0.25) is 19.2 Å². The fraction of sp³-hybridized carbons (Fsp3) is 0.604. The number of aromatic amines is 1. The maximum atomic E-state index is 15.7. The van der Waals surface area contributed by atoms with Crippen molar-refractivity contribution in [2.45, 2.75) is 141 Å². The Kier molecular flexibility index (Phi) is 13.3. The van der Waals surface area contributed by atoms with Crippen molar-refractivity contribution in [3.63, 3.8) is 0 Å². The standard InChI is InChI=1S/C48H61F4N7O4/c1-5-26(2)46(61)56-43(29-9-7-6-8-10-29)48(63)58-24-33(52)18-35(58)25-59-41-16-14-31(50)20-40(41)55-45(59)44-38(36-15-13-30(49)19-39(36)54-44)21-34-17-32(51)23-57(34)47(62)37(28-11-12-28)22-42(60)27(3)53-4/h13-16,19-20,26-29,32-35,37,43,53-54H,5-12,17-18,21-25H2,1-4H3,(H,56,61). The highest BCUT2D eigenvalue weighted by Crippen LogP contribution is 2.42. The van der Waals surface area contributed by atoms with Gasteiger partial charge in [-0.1, -0.05) is 33.1 Å². The summed E-state index contributed by atoms with van der Waals surface area (Å²) in [6, 6.07) is 6.04. The smallest absolute Gasteiger partial charge is 0.245 e. The number of imidazole rings is 1. The number of nitrogens with one attached hydrogen (secondary N) is 3. The number of likely N-dealkylation sites (tertiary alicyclic amines) is 2. The largest absolute Gasteiger partial charge is 0.352 e. The zero-order valence-corrected chi connectivity index (χ0v) is 36.8. The molecule has 2 aliphatic heterocycles. The van der Waals surface area contributed by atoms with E-state index in [4.69, 9.17) is 4.98 Å². The Hall–Kier alpha value is -4.79. The van der Waals surface area contributed by atoms with Gasteiger partial charge in [0.15, 0.2) is 5.82 Å². The van der Waals surface area contributed by atoms with Gasteiger partial charge >= 0.3 is 0 Å². The average Bonchev–Trinajstić information content (AvgIpc) is 3.64. The number of hydrogen-bond donors (Lipinski definition) is 3. The van der Waals surface area contributed by atoms with Crippen LogP contribution in [0.2, 0.25) is 0 Å². The molecule has 2 saturated heterocycles. The summed E-state index contributed by atoms with van der Waals surface area (Å²) < 4.78 is 62.9. The van der Waals surface area contributed by atoms with Crippen LogP contribution in [0.25, 0.3) is 33.5 Å². The number of halogens is 4. The molecule has 2 saturated carbocycles. The van der Waals surface area contributed by atoms with E-state index in [1.54, 1.807) is 35.9 Å². The highest BCUT2D eigenvalue weighted by Gasteiger charge is 2.46. The van der Waals surface area contributed by atoms with E-state index in [0.717, 1.165) is 44.9 Å². The van der Waals surface area contributed by atoms with Crippen molar-refractivity contribution in [3.8, 4) is 11.5 Å². The van der Waals surface area contributed by atoms with E-state index in [1.807, 2.05) is 18.4 Å². The number of ketones is 1. The Morgan fingerprint density at radius 1 is 0.857 bits per heavy atom. The van der Waals surface area contributed by atoms with E-state index >= 15 is 8.78 Å². The van der Waals surface area contributed by atoms with E-state index in [9.17, 15) is 28.0 Å². The summed E-state index contributed by atoms with van der Waals surface area (Å²) in [6.07, 6.45) is 4.46. The number of alkyl halides is 2. The fourth-order valence-electron chi connectivity index (χ4n) is 10.4. The minimum atomic E-state index is -1.32. The summed E-state index contributed by atoms with van der Waals surface area (Å²) in [5.74, 6) is -2.41. The molecule has 4 aliphatic rings. The number of Topliss-reactive ketones (excluding diaryl/α,β-unsaturated/α-hetero) is 1. The first kappa shape index (κ1) is 44.8. The molecule has 11 nitrogen and oxygen atoms in total. The molecule has 3 N–H and O–H groups in total. The summed E-state index contributed by atoms with van der Waals surface area (Å²) >= 11 is 0. The van der Waals surface area contributed by atoms with Crippen molar-refractivity contribution < 1.29 is 36.7 Å². The minimum Gasteiger partial charge on any atom is -0.352 e. The predicted octanol–water partition coefficient (Wildman–Crippen LogP) is 7.59. The lowest BCUT2D eigenvalue weighted by atomic mass is 9.83. The molecule has 8 atom stereocenters. The van der Waals surface area contributed by atoms with Crippen LogP contribution >= 0.6 is 0 Å². The van der Waals surface area contributed by atoms with Crippen LogP contribution in [0.5, 0.6) is 0 Å². The maximum Gasteiger partial charge on any atom is 0.245 e. The number of amides is 3. The zero-order chi connectivity index (χ0) is 44.7. The van der Waals surface area contributed by atoms with E-state index < -0.39 is 54.1 Å². The summed E-state index contributed by atoms with van der Waals surface area (Å²) in [7, 11) is 1.70. The molecule has 0 bridgehead atoms. The van der Waals surface area contributed by atoms with Gasteiger partial charge in [0, 0.05) is 60.7 Å². The Labute approximate surface area is 366 Å². The van der Waals surface area contributed by atoms with Gasteiger partial charge in [0.25, 0.3) is 0 Å². The van der Waals surface area contributed by atoms with Gasteiger partial charge in [-0.2, -0.15) is 0 Å². The number of fused-ring (bicyclic) bond motifs is 2. The van der Waals surface area contributed by atoms with Crippen molar-refractivity contribution in [2.24, 2.45) is 23.7 Å². The van der Waals surface area contributed by atoms with Gasteiger partial charge < -0.3 is 30.0 Å². The third kappa shape index (κ3) is 9.40. The third-order valence-corrected chi connectivity index (χ3v) is 14.5. The van der Waals surface area contributed by atoms with Crippen LogP contribution < -0.4 is 10.6 Å². The summed E-state index contributed by atoms with van der Waals surface area (Å²) in [4.78, 5) is 66.9. The normalized spacial score (nSPS) is 23.9. The molecule has 2 aromatic carbocycles. The van der Waals surface area contributed by atoms with Gasteiger partial charge in [0.05, 0.1) is 41.9 Å². The molecule has 2 aromatic heterocycles. The number of carbonyl (C=O) groups is 4. The molecule has 8 rings (SSSR count). The number of carbonyl (C=O) groups excluding carboxylic acids is 4. The minimum absolute atomic E-state index is 0.0301. The van der Waals surface area contributed by atoms with Crippen LogP contribution in [0.4, 0.5) is 17.6 Å². The van der Waals surface area contributed by atoms with Gasteiger partial charge in [-0.15, -0.1) is 0 Å². The monoisotopic (exact) mass is 875 g/mol. The number of aromatic nitrogens is 3. The second-order valence-corrected chi connectivity index (χ2v) is 18.8. The second kappa shape index (κ2) is 18.7. The molecule has 63 heavy (non-hydrogen) atoms. The Morgan fingerprint density at radius 2 is 1.52 bits per heavy atom. The van der Waals surface area contributed by atoms with Gasteiger partial charge in [-0.25, -0.2) is 22.5 Å². The number of likely N-dealkylation sites (N-methyl/N-ethyl adjacent to an activating group) is 1. The number of H-pyrrole nitrogens is 1. The quantitative estimate of drug-likeness (QED) is 0.0995. The van der Waals surface area contributed by atoms with E-state index in [1.165, 1.54) is 24.3 Å². The molecule has 4 aromatic rings. The number of rotatable bonds is 16. The Balaban J connectivity index is 1.16. The lowest BCUT2D eigenvalue weighted by Crippen LogP contribution is -2.55. The molecule has 4 heterocycles. The Morgan fingerprint density at radius 3 is 2.21 bits per heavy atom. The lowest BCUT2D eigenvalue weighted by Gasteiger charge is -2.35. The Bertz CT molecular complexity index is 2340. The van der Waals surface area contributed by atoms with Crippen molar-refractivity contribution in [1.29, 1.82) is 0 Å². The molecule has 4 fully saturated rings. The predicted molar refractivity (Wildman–Crippen MR) is 233 cm³/mol. The van der Waals surface area contributed by atoms with Crippen LogP contribution in [-0.2, 0) is 32.1 Å². The highest BCUT2D eigenvalue weighted by atomic mass is 19.1. The van der Waals surface area contributed by atoms with E-state index in [2.05, 4.69) is 15.6 Å². The molecule has 0 radical (unpaired) electrons. The van der Waals surface area contributed by atoms with Gasteiger partial charge in [0.1, 0.15) is 35.8 Å².